The number of esters is 3. The minimum Gasteiger partial charge on any atom is -0.462 e. The zero-order chi connectivity index (χ0) is 59.2. The molecule has 1 unspecified atom stereocenters. The summed E-state index contributed by atoms with van der Waals surface area (Å²) in [6.45, 7) is 6.57. The van der Waals surface area contributed by atoms with E-state index in [0.717, 1.165) is 122 Å². The molecule has 0 fully saturated rings. The third-order valence-electron chi connectivity index (χ3n) is 15.7. The van der Waals surface area contributed by atoms with Gasteiger partial charge in [-0.1, -0.05) is 350 Å². The van der Waals surface area contributed by atoms with Gasteiger partial charge in [-0.05, 0) is 77.0 Å². The molecule has 0 aliphatic heterocycles. The minimum atomic E-state index is -0.784. The molecule has 0 aromatic carbocycles. The quantitative estimate of drug-likeness (QED) is 0.0261. The molecule has 0 saturated carbocycles. The van der Waals surface area contributed by atoms with Crippen molar-refractivity contribution >= 4 is 17.9 Å². The van der Waals surface area contributed by atoms with Crippen molar-refractivity contribution in [3.05, 3.63) is 85.1 Å². The molecule has 0 aromatic rings. The number of carbonyl (C=O) groups excluding carboxylic acids is 3. The largest absolute Gasteiger partial charge is 0.462 e. The van der Waals surface area contributed by atoms with Crippen molar-refractivity contribution in [3.63, 3.8) is 0 Å². The molecule has 0 heterocycles. The van der Waals surface area contributed by atoms with Crippen LogP contribution in [0.25, 0.3) is 0 Å². The van der Waals surface area contributed by atoms with Crippen molar-refractivity contribution in [1.82, 2.24) is 0 Å². The standard InChI is InChI=1S/C76H134O6/c1-4-7-10-13-16-19-22-25-28-30-32-34-36-37-38-39-41-42-44-46-48-51-54-57-60-63-66-69-75(78)81-72-73(71-80-74(77)68-65-62-59-56-53-50-27-24-21-18-15-12-9-6-3)82-76(79)70-67-64-61-58-55-52-49-47-45-43-40-35-33-31-29-26-23-20-17-14-11-8-5-2/h7,10,16,19,25,28,32,34,37-38,41-42,46,48,73H,4-6,8-9,11-15,17-18,20-24,26-27,29-31,33,35-36,39-40,43-45,47,49-72H2,1-3H3/b10-7-,19-16-,28-25-,34-32-,38-37-,42-41-,48-46-. The molecule has 0 bridgehead atoms. The molecule has 474 valence electrons. The summed E-state index contributed by atoms with van der Waals surface area (Å²) in [6.07, 6.45) is 93.2. The van der Waals surface area contributed by atoms with Crippen LogP contribution in [0.3, 0.4) is 0 Å². The summed E-state index contributed by atoms with van der Waals surface area (Å²) < 4.78 is 17.0. The Labute approximate surface area is 509 Å². The monoisotopic (exact) mass is 1140 g/mol. The maximum Gasteiger partial charge on any atom is 0.306 e. The second-order valence-electron chi connectivity index (χ2n) is 23.8. The molecule has 0 N–H and O–H groups in total. The summed E-state index contributed by atoms with van der Waals surface area (Å²) in [4.78, 5) is 38.5. The molecule has 0 spiro atoms. The lowest BCUT2D eigenvalue weighted by Gasteiger charge is -2.18. The molecule has 0 radical (unpaired) electrons. The summed E-state index contributed by atoms with van der Waals surface area (Å²) in [5.41, 5.74) is 0. The third kappa shape index (κ3) is 67.4. The summed E-state index contributed by atoms with van der Waals surface area (Å²) in [7, 11) is 0. The summed E-state index contributed by atoms with van der Waals surface area (Å²) in [5, 5.41) is 0. The number of unbranched alkanes of at least 4 members (excludes halogenated alkanes) is 40. The summed E-state index contributed by atoms with van der Waals surface area (Å²) >= 11 is 0. The Kier molecular flexibility index (Phi) is 67.2. The second kappa shape index (κ2) is 70.1. The molecule has 0 aromatic heterocycles. The molecular formula is C76H134O6. The van der Waals surface area contributed by atoms with Crippen molar-refractivity contribution < 1.29 is 28.6 Å². The van der Waals surface area contributed by atoms with E-state index in [2.05, 4.69) is 106 Å². The predicted molar refractivity (Wildman–Crippen MR) is 358 cm³/mol. The fourth-order valence-electron chi connectivity index (χ4n) is 10.4. The molecule has 6 heteroatoms. The normalized spacial score (nSPS) is 12.6. The molecule has 0 aliphatic rings. The van der Waals surface area contributed by atoms with Gasteiger partial charge in [-0.3, -0.25) is 14.4 Å². The van der Waals surface area contributed by atoms with Crippen LogP contribution in [0.1, 0.15) is 361 Å². The minimum absolute atomic E-state index is 0.0777. The van der Waals surface area contributed by atoms with Crippen LogP contribution in [-0.4, -0.2) is 37.2 Å². The van der Waals surface area contributed by atoms with Crippen molar-refractivity contribution in [1.29, 1.82) is 0 Å². The zero-order valence-electron chi connectivity index (χ0n) is 54.5. The van der Waals surface area contributed by atoms with Crippen LogP contribution in [0.5, 0.6) is 0 Å². The topological polar surface area (TPSA) is 78.9 Å². The van der Waals surface area contributed by atoms with E-state index in [1.807, 2.05) is 0 Å². The lowest BCUT2D eigenvalue weighted by molar-refractivity contribution is -0.167. The van der Waals surface area contributed by atoms with Gasteiger partial charge in [0, 0.05) is 19.3 Å². The van der Waals surface area contributed by atoms with Crippen LogP contribution < -0.4 is 0 Å². The van der Waals surface area contributed by atoms with E-state index in [9.17, 15) is 14.4 Å². The molecule has 1 atom stereocenters. The highest BCUT2D eigenvalue weighted by atomic mass is 16.6. The van der Waals surface area contributed by atoms with Gasteiger partial charge in [0.05, 0.1) is 0 Å². The van der Waals surface area contributed by atoms with E-state index in [1.54, 1.807) is 0 Å². The van der Waals surface area contributed by atoms with Crippen LogP contribution in [0.4, 0.5) is 0 Å². The first kappa shape index (κ1) is 78.6. The highest BCUT2D eigenvalue weighted by Gasteiger charge is 2.19. The van der Waals surface area contributed by atoms with Gasteiger partial charge in [0.2, 0.25) is 0 Å². The maximum absolute atomic E-state index is 13.0. The van der Waals surface area contributed by atoms with Crippen molar-refractivity contribution in [2.24, 2.45) is 0 Å². The third-order valence-corrected chi connectivity index (χ3v) is 15.7. The molecular weight excluding hydrogens is 1010 g/mol. The molecule has 0 aliphatic carbocycles. The first-order valence-electron chi connectivity index (χ1n) is 35.6. The first-order chi connectivity index (χ1) is 40.5. The fraction of sp³-hybridized carbons (Fsp3) is 0.776. The zero-order valence-corrected chi connectivity index (χ0v) is 54.5. The fourth-order valence-corrected chi connectivity index (χ4v) is 10.4. The highest BCUT2D eigenvalue weighted by Crippen LogP contribution is 2.18. The van der Waals surface area contributed by atoms with Crippen LogP contribution in [0.2, 0.25) is 0 Å². The Bertz CT molecular complexity index is 1550. The van der Waals surface area contributed by atoms with E-state index in [4.69, 9.17) is 14.2 Å². The van der Waals surface area contributed by atoms with Crippen LogP contribution >= 0.6 is 0 Å². The van der Waals surface area contributed by atoms with Gasteiger partial charge in [-0.15, -0.1) is 0 Å². The van der Waals surface area contributed by atoms with E-state index in [1.165, 1.54) is 199 Å². The summed E-state index contributed by atoms with van der Waals surface area (Å²) in [5.74, 6) is -0.875. The lowest BCUT2D eigenvalue weighted by Crippen LogP contribution is -2.30. The van der Waals surface area contributed by atoms with Gasteiger partial charge in [0.25, 0.3) is 0 Å². The maximum atomic E-state index is 13.0. The number of ether oxygens (including phenoxy) is 3. The Hall–Kier alpha value is -3.41. The average molecular weight is 1140 g/mol. The van der Waals surface area contributed by atoms with Gasteiger partial charge in [0.15, 0.2) is 6.10 Å². The Morgan fingerprint density at radius 1 is 0.256 bits per heavy atom. The molecule has 82 heavy (non-hydrogen) atoms. The number of hydrogen-bond donors (Lipinski definition) is 0. The summed E-state index contributed by atoms with van der Waals surface area (Å²) in [6, 6.07) is 0. The molecule has 0 saturated heterocycles. The van der Waals surface area contributed by atoms with E-state index in [-0.39, 0.29) is 31.1 Å². The van der Waals surface area contributed by atoms with Gasteiger partial charge < -0.3 is 14.2 Å². The Morgan fingerprint density at radius 2 is 0.476 bits per heavy atom. The van der Waals surface area contributed by atoms with E-state index < -0.39 is 6.10 Å². The molecule has 6 nitrogen and oxygen atoms in total. The number of hydrogen-bond acceptors (Lipinski definition) is 6. The smallest absolute Gasteiger partial charge is 0.306 e. The first-order valence-corrected chi connectivity index (χ1v) is 35.6. The van der Waals surface area contributed by atoms with Gasteiger partial charge in [-0.2, -0.15) is 0 Å². The van der Waals surface area contributed by atoms with Crippen molar-refractivity contribution in [2.45, 2.75) is 367 Å². The van der Waals surface area contributed by atoms with E-state index in [0.29, 0.717) is 19.3 Å². The Morgan fingerprint density at radius 3 is 0.744 bits per heavy atom. The SMILES string of the molecule is CC/C=C\C/C=C\C/C=C\C/C=C\C/C=C\C/C=C\C/C=C\CCCCCCCC(=O)OCC(COC(=O)CCCCCCCCCCCCCCCC)OC(=O)CCCCCCCCCCCCCCCCCCCCCCCCC. The van der Waals surface area contributed by atoms with Crippen LogP contribution in [0, 0.1) is 0 Å². The lowest BCUT2D eigenvalue weighted by atomic mass is 10.0. The van der Waals surface area contributed by atoms with Crippen molar-refractivity contribution in [3.8, 4) is 0 Å². The number of carbonyl (C=O) groups is 3. The second-order valence-corrected chi connectivity index (χ2v) is 23.8. The average Bonchev–Trinajstić information content (AvgIpc) is 3.48. The van der Waals surface area contributed by atoms with Gasteiger partial charge in [-0.25, -0.2) is 0 Å². The number of allylic oxidation sites excluding steroid dienone is 14. The number of rotatable bonds is 65. The van der Waals surface area contributed by atoms with Gasteiger partial charge >= 0.3 is 17.9 Å². The molecule has 0 rings (SSSR count). The van der Waals surface area contributed by atoms with E-state index >= 15 is 0 Å². The van der Waals surface area contributed by atoms with Gasteiger partial charge in [0.1, 0.15) is 13.2 Å². The van der Waals surface area contributed by atoms with Crippen molar-refractivity contribution in [2.75, 3.05) is 13.2 Å². The van der Waals surface area contributed by atoms with Crippen LogP contribution in [-0.2, 0) is 28.6 Å². The Balaban J connectivity index is 4.33. The predicted octanol–water partition coefficient (Wildman–Crippen LogP) is 24.6. The van der Waals surface area contributed by atoms with Crippen LogP contribution in [0.15, 0.2) is 85.1 Å². The highest BCUT2D eigenvalue weighted by molar-refractivity contribution is 5.71. The molecule has 0 amide bonds.